The molecule has 1 heterocycles. The standard InChI is InChI=1S/C8F14OS/c9-2(1(23)24-8(21,22)4(2,12)13)3(10,11)5(14,15)6(16,17)7(18,19)20. The molecule has 1 rings (SSSR count). The molecule has 0 saturated carbocycles. The van der Waals surface area contributed by atoms with E-state index in [1.54, 1.807) is 0 Å². The quantitative estimate of drug-likeness (QED) is 0.630. The molecule has 24 heavy (non-hydrogen) atoms. The SMILES string of the molecule is O=C1SC(F)(F)C(F)(F)C1(F)C(F)(F)C(F)(F)C(F)(F)C(F)(F)F. The lowest BCUT2D eigenvalue weighted by molar-refractivity contribution is -0.420. The largest absolute Gasteiger partial charge is 0.460 e. The molecule has 0 aromatic heterocycles. The van der Waals surface area contributed by atoms with Gasteiger partial charge in [0, 0.05) is 0 Å². The lowest BCUT2D eigenvalue weighted by Crippen LogP contribution is -2.73. The number of rotatable bonds is 3. The van der Waals surface area contributed by atoms with Gasteiger partial charge >= 0.3 is 40.8 Å². The van der Waals surface area contributed by atoms with Gasteiger partial charge in [-0.1, -0.05) is 0 Å². The smallest absolute Gasteiger partial charge is 0.283 e. The van der Waals surface area contributed by atoms with E-state index < -0.39 is 57.7 Å². The summed E-state index contributed by atoms with van der Waals surface area (Å²) in [6.45, 7) is 0. The van der Waals surface area contributed by atoms with Crippen LogP contribution in [-0.2, 0) is 4.79 Å². The summed E-state index contributed by atoms with van der Waals surface area (Å²) in [4.78, 5) is 10.7. The number of thioether (sulfide) groups is 1. The maximum absolute atomic E-state index is 13.6. The molecule has 1 aliphatic heterocycles. The van der Waals surface area contributed by atoms with E-state index in [0.717, 1.165) is 0 Å². The third-order valence-corrected chi connectivity index (χ3v) is 3.86. The Morgan fingerprint density at radius 1 is 0.708 bits per heavy atom. The van der Waals surface area contributed by atoms with E-state index in [2.05, 4.69) is 0 Å². The molecule has 0 aromatic rings. The molecule has 0 bridgehead atoms. The lowest BCUT2D eigenvalue weighted by Gasteiger charge is -2.40. The van der Waals surface area contributed by atoms with Crippen LogP contribution in [0, 0.1) is 0 Å². The van der Waals surface area contributed by atoms with Crippen molar-refractivity contribution in [3.8, 4) is 0 Å². The Bertz CT molecular complexity index is 549. The van der Waals surface area contributed by atoms with Crippen LogP contribution in [0.3, 0.4) is 0 Å². The van der Waals surface area contributed by atoms with Crippen LogP contribution in [0.2, 0.25) is 0 Å². The zero-order chi connectivity index (χ0) is 19.8. The number of hydrogen-bond donors (Lipinski definition) is 0. The fourth-order valence-corrected chi connectivity index (χ4v) is 2.40. The summed E-state index contributed by atoms with van der Waals surface area (Å²) in [6, 6.07) is 0. The van der Waals surface area contributed by atoms with Gasteiger partial charge in [-0.25, -0.2) is 4.39 Å². The van der Waals surface area contributed by atoms with E-state index >= 15 is 0 Å². The van der Waals surface area contributed by atoms with E-state index in [1.165, 1.54) is 0 Å². The Hall–Kier alpha value is -0.960. The molecule has 0 aromatic carbocycles. The number of carbonyl (C=O) groups excluding carboxylic acids is 1. The van der Waals surface area contributed by atoms with Crippen molar-refractivity contribution in [2.75, 3.05) is 0 Å². The van der Waals surface area contributed by atoms with Gasteiger partial charge in [0.1, 0.15) is 0 Å². The van der Waals surface area contributed by atoms with Crippen molar-refractivity contribution in [3.63, 3.8) is 0 Å². The third-order valence-electron chi connectivity index (χ3n) is 2.88. The third kappa shape index (κ3) is 2.06. The van der Waals surface area contributed by atoms with Crippen molar-refractivity contribution in [1.82, 2.24) is 0 Å². The molecule has 1 unspecified atom stereocenters. The molecule has 0 N–H and O–H groups in total. The summed E-state index contributed by atoms with van der Waals surface area (Å²) in [5.74, 6) is -30.7. The van der Waals surface area contributed by atoms with Gasteiger partial charge in [-0.15, -0.1) is 0 Å². The maximum Gasteiger partial charge on any atom is 0.460 e. The van der Waals surface area contributed by atoms with Crippen LogP contribution < -0.4 is 0 Å². The van der Waals surface area contributed by atoms with Crippen LogP contribution in [0.4, 0.5) is 61.5 Å². The Kier molecular flexibility index (Phi) is 4.23. The first-order chi connectivity index (χ1) is 10.1. The first kappa shape index (κ1) is 21.1. The molecule has 1 saturated heterocycles. The minimum atomic E-state index is -8.01. The molecular weight excluding hydrogens is 410 g/mol. The van der Waals surface area contributed by atoms with Crippen LogP contribution >= 0.6 is 11.8 Å². The molecule has 0 aliphatic carbocycles. The van der Waals surface area contributed by atoms with Gasteiger partial charge < -0.3 is 0 Å². The fraction of sp³-hybridized carbons (Fsp3) is 0.875. The second kappa shape index (κ2) is 4.81. The van der Waals surface area contributed by atoms with Crippen molar-refractivity contribution in [1.29, 1.82) is 0 Å². The molecule has 142 valence electrons. The minimum Gasteiger partial charge on any atom is -0.283 e. The monoisotopic (exact) mass is 410 g/mol. The van der Waals surface area contributed by atoms with Crippen molar-refractivity contribution in [2.45, 2.75) is 40.8 Å². The van der Waals surface area contributed by atoms with Gasteiger partial charge in [0.25, 0.3) is 0 Å². The summed E-state index contributed by atoms with van der Waals surface area (Å²) in [5, 5.41) is -9.84. The van der Waals surface area contributed by atoms with Crippen LogP contribution in [0.15, 0.2) is 0 Å². The van der Waals surface area contributed by atoms with Crippen LogP contribution in [0.1, 0.15) is 0 Å². The van der Waals surface area contributed by atoms with Gasteiger partial charge in [-0.2, -0.15) is 57.1 Å². The second-order valence-corrected chi connectivity index (χ2v) is 5.45. The van der Waals surface area contributed by atoms with Gasteiger partial charge in [0.2, 0.25) is 5.12 Å². The highest BCUT2D eigenvalue weighted by Crippen LogP contribution is 2.68. The Morgan fingerprint density at radius 2 is 1.08 bits per heavy atom. The first-order valence-electron chi connectivity index (χ1n) is 5.01. The summed E-state index contributed by atoms with van der Waals surface area (Å²) in [5.41, 5.74) is -7.04. The highest BCUT2D eigenvalue weighted by Gasteiger charge is 2.97. The van der Waals surface area contributed by atoms with Crippen LogP contribution in [0.5, 0.6) is 0 Å². The predicted octanol–water partition coefficient (Wildman–Crippen LogP) is 4.66. The molecule has 0 spiro atoms. The van der Waals surface area contributed by atoms with Gasteiger partial charge in [-0.3, -0.25) is 4.79 Å². The number of alkyl halides is 14. The minimum absolute atomic E-state index is 2.24. The Morgan fingerprint density at radius 3 is 1.33 bits per heavy atom. The average Bonchev–Trinajstić information content (AvgIpc) is 2.45. The van der Waals surface area contributed by atoms with E-state index in [1.807, 2.05) is 0 Å². The van der Waals surface area contributed by atoms with Crippen molar-refractivity contribution in [2.24, 2.45) is 0 Å². The first-order valence-corrected chi connectivity index (χ1v) is 5.82. The zero-order valence-corrected chi connectivity index (χ0v) is 10.9. The molecule has 1 fully saturated rings. The highest BCUT2D eigenvalue weighted by atomic mass is 32.2. The molecular formula is C8F14OS. The predicted molar refractivity (Wildman–Crippen MR) is 47.2 cm³/mol. The summed E-state index contributed by atoms with van der Waals surface area (Å²) in [7, 11) is 0. The normalized spacial score (nSPS) is 28.3. The second-order valence-electron chi connectivity index (χ2n) is 4.36. The van der Waals surface area contributed by atoms with Crippen LogP contribution in [0.25, 0.3) is 0 Å². The zero-order valence-electron chi connectivity index (χ0n) is 10.1. The average molecular weight is 410 g/mol. The summed E-state index contributed by atoms with van der Waals surface area (Å²) in [6.07, 6.45) is -7.51. The topological polar surface area (TPSA) is 17.1 Å². The molecule has 1 atom stereocenters. The molecule has 1 nitrogen and oxygen atoms in total. The lowest BCUT2D eigenvalue weighted by atomic mass is 9.85. The van der Waals surface area contributed by atoms with E-state index in [4.69, 9.17) is 0 Å². The summed E-state index contributed by atoms with van der Waals surface area (Å²) < 4.78 is 178. The maximum atomic E-state index is 13.6. The summed E-state index contributed by atoms with van der Waals surface area (Å²) >= 11 is -2.24. The van der Waals surface area contributed by atoms with Crippen molar-refractivity contribution < 1.29 is 66.3 Å². The molecule has 16 heteroatoms. The van der Waals surface area contributed by atoms with Crippen molar-refractivity contribution in [3.05, 3.63) is 0 Å². The van der Waals surface area contributed by atoms with Gasteiger partial charge in [-0.05, 0) is 11.8 Å². The van der Waals surface area contributed by atoms with Crippen molar-refractivity contribution >= 4 is 16.9 Å². The fourth-order valence-electron chi connectivity index (χ4n) is 1.50. The van der Waals surface area contributed by atoms with Gasteiger partial charge in [0.05, 0.1) is 0 Å². The molecule has 0 radical (unpaired) electrons. The molecule has 0 amide bonds. The Labute approximate surface area is 125 Å². The van der Waals surface area contributed by atoms with E-state index in [9.17, 15) is 66.3 Å². The Balaban J connectivity index is 3.67. The number of halogens is 14. The van der Waals surface area contributed by atoms with E-state index in [-0.39, 0.29) is 0 Å². The number of hydrogen-bond acceptors (Lipinski definition) is 2. The molecule has 1 aliphatic rings. The van der Waals surface area contributed by atoms with Gasteiger partial charge in [0.15, 0.2) is 0 Å². The van der Waals surface area contributed by atoms with E-state index in [0.29, 0.717) is 0 Å². The van der Waals surface area contributed by atoms with Crippen LogP contribution in [-0.4, -0.2) is 45.9 Å². The highest BCUT2D eigenvalue weighted by molar-refractivity contribution is 8.15. The number of carbonyl (C=O) groups is 1.